The van der Waals surface area contributed by atoms with Gasteiger partial charge in [-0.15, -0.1) is 0 Å². The Balaban J connectivity index is 4.46. The minimum absolute atomic E-state index is 5.04. The Bertz CT molecular complexity index is 814. The monoisotopic (exact) mass is 524 g/mol. The lowest BCUT2D eigenvalue weighted by Gasteiger charge is -2.38. The van der Waals surface area contributed by atoms with Crippen LogP contribution in [0.2, 0.25) is 0 Å². The molecule has 0 N–H and O–H groups in total. The number of halogens is 20. The summed E-state index contributed by atoms with van der Waals surface area (Å²) in [4.78, 5) is 0. The highest BCUT2D eigenvalue weighted by molar-refractivity contribution is 5.52. The zero-order valence-corrected chi connectivity index (χ0v) is 13.6. The van der Waals surface area contributed by atoms with Crippen molar-refractivity contribution in [2.45, 2.75) is 47.6 Å². The Morgan fingerprint density at radius 2 is 0.875 bits per heavy atom. The van der Waals surface area contributed by atoms with Gasteiger partial charge in [-0.1, -0.05) is 0 Å². The fraction of sp³-hybridized carbons (Fsp3) is 0.667. The van der Waals surface area contributed by atoms with Gasteiger partial charge in [0.05, 0.1) is 5.57 Å². The highest BCUT2D eigenvalue weighted by atomic mass is 19.4. The van der Waals surface area contributed by atoms with Gasteiger partial charge >= 0.3 is 47.6 Å². The van der Waals surface area contributed by atoms with Crippen molar-refractivity contribution in [3.8, 4) is 0 Å². The maximum atomic E-state index is 13.9. The van der Waals surface area contributed by atoms with Crippen LogP contribution in [0, 0.1) is 0 Å². The van der Waals surface area contributed by atoms with Crippen molar-refractivity contribution in [2.24, 2.45) is 0 Å². The van der Waals surface area contributed by atoms with Gasteiger partial charge in [-0.2, -0.15) is 79.0 Å². The van der Waals surface area contributed by atoms with Crippen LogP contribution >= 0.6 is 0 Å². The Morgan fingerprint density at radius 1 is 0.562 bits per heavy atom. The minimum Gasteiger partial charge on any atom is -0.216 e. The van der Waals surface area contributed by atoms with E-state index in [9.17, 15) is 87.8 Å². The number of alkyl halides is 17. The fourth-order valence-electron chi connectivity index (χ4n) is 2.31. The van der Waals surface area contributed by atoms with E-state index in [0.717, 1.165) is 0 Å². The minimum atomic E-state index is -8.50. The fourth-order valence-corrected chi connectivity index (χ4v) is 2.31. The van der Waals surface area contributed by atoms with Gasteiger partial charge in [-0.3, -0.25) is 0 Å². The molecule has 0 saturated carbocycles. The average Bonchev–Trinajstić information content (AvgIpc) is 2.55. The molecule has 0 spiro atoms. The molecule has 0 aromatic carbocycles. The molecule has 0 amide bonds. The van der Waals surface area contributed by atoms with Crippen LogP contribution in [0.4, 0.5) is 87.8 Å². The number of rotatable bonds is 2. The third-order valence-electron chi connectivity index (χ3n) is 3.96. The first-order valence-electron chi connectivity index (χ1n) is 6.78. The number of hydrogen-bond acceptors (Lipinski definition) is 0. The normalized spacial score (nSPS) is 23.8. The van der Waals surface area contributed by atoms with Crippen molar-refractivity contribution < 1.29 is 87.8 Å². The topological polar surface area (TPSA) is 0 Å². The summed E-state index contributed by atoms with van der Waals surface area (Å²) < 4.78 is 263. The van der Waals surface area contributed by atoms with E-state index in [-0.39, 0.29) is 0 Å². The van der Waals surface area contributed by atoms with Gasteiger partial charge in [-0.25, -0.2) is 8.78 Å². The molecule has 188 valence electrons. The smallest absolute Gasteiger partial charge is 0.216 e. The summed E-state index contributed by atoms with van der Waals surface area (Å²) in [5.74, 6) is -45.7. The summed E-state index contributed by atoms with van der Waals surface area (Å²) >= 11 is 0. The van der Waals surface area contributed by atoms with E-state index in [0.29, 0.717) is 0 Å². The first-order valence-corrected chi connectivity index (χ1v) is 6.78. The molecule has 0 fully saturated rings. The maximum Gasteiger partial charge on any atom is 0.438 e. The Morgan fingerprint density at radius 3 is 1.16 bits per heavy atom. The van der Waals surface area contributed by atoms with Crippen LogP contribution in [0.5, 0.6) is 0 Å². The second-order valence-corrected chi connectivity index (χ2v) is 5.85. The lowest BCUT2D eigenvalue weighted by atomic mass is 9.83. The van der Waals surface area contributed by atoms with E-state index in [1.54, 1.807) is 0 Å². The third-order valence-corrected chi connectivity index (χ3v) is 3.96. The van der Waals surface area contributed by atoms with Gasteiger partial charge in [0.15, 0.2) is 5.83 Å². The maximum absolute atomic E-state index is 13.9. The van der Waals surface area contributed by atoms with E-state index in [1.165, 1.54) is 0 Å². The van der Waals surface area contributed by atoms with Crippen LogP contribution in [0.1, 0.15) is 0 Å². The largest absolute Gasteiger partial charge is 0.438 e. The number of hydrogen-bond donors (Lipinski definition) is 0. The van der Waals surface area contributed by atoms with E-state index >= 15 is 0 Å². The summed E-state index contributed by atoms with van der Waals surface area (Å²) in [7, 11) is 0. The molecular formula is C12F20. The quantitative estimate of drug-likeness (QED) is 0.331. The zero-order valence-electron chi connectivity index (χ0n) is 13.6. The van der Waals surface area contributed by atoms with Crippen LogP contribution in [0.3, 0.4) is 0 Å². The summed E-state index contributed by atoms with van der Waals surface area (Å²) in [6.07, 6.45) is -21.4. The van der Waals surface area contributed by atoms with Gasteiger partial charge in [0, 0.05) is 0 Å². The van der Waals surface area contributed by atoms with E-state index in [2.05, 4.69) is 0 Å². The van der Waals surface area contributed by atoms with Crippen LogP contribution in [-0.4, -0.2) is 47.6 Å². The highest BCUT2D eigenvalue weighted by Crippen LogP contribution is 2.66. The van der Waals surface area contributed by atoms with Gasteiger partial charge in [0.2, 0.25) is 0 Å². The SMILES string of the molecule is FC(F)=C1C(C(F)(F)C(F)(C(F)(F)F)C(F)(F)F)=C(F)C(F)(F)C(F)(F)C(F)(F)C1(F)F. The van der Waals surface area contributed by atoms with Crippen molar-refractivity contribution in [1.82, 2.24) is 0 Å². The number of allylic oxidation sites excluding steroid dienone is 3. The molecule has 1 aliphatic rings. The standard InChI is InChI=1S/C12F20/c13-3-1(5(16,17)8(22,11(27,28)29)12(30,31)32)2(4(14)15)6(18,19)9(23,24)10(25,26)7(3,20)21. The molecule has 0 saturated heterocycles. The van der Waals surface area contributed by atoms with Gasteiger partial charge in [0.25, 0.3) is 6.08 Å². The first kappa shape index (κ1) is 28.1. The predicted octanol–water partition coefficient (Wildman–Crippen LogP) is 7.38. The molecule has 0 aromatic rings. The second-order valence-electron chi connectivity index (χ2n) is 5.85. The Kier molecular flexibility index (Phi) is 5.97. The average molecular weight is 524 g/mol. The van der Waals surface area contributed by atoms with Gasteiger partial charge < -0.3 is 0 Å². The molecule has 0 aromatic heterocycles. The Hall–Kier alpha value is -1.92. The molecule has 20 heteroatoms. The van der Waals surface area contributed by atoms with Crippen molar-refractivity contribution >= 4 is 0 Å². The van der Waals surface area contributed by atoms with Crippen molar-refractivity contribution in [3.05, 3.63) is 23.1 Å². The molecule has 0 atom stereocenters. The van der Waals surface area contributed by atoms with Crippen molar-refractivity contribution in [1.29, 1.82) is 0 Å². The molecule has 0 radical (unpaired) electrons. The molecular weight excluding hydrogens is 524 g/mol. The molecule has 0 unspecified atom stereocenters. The van der Waals surface area contributed by atoms with Crippen LogP contribution < -0.4 is 0 Å². The van der Waals surface area contributed by atoms with E-state index < -0.39 is 70.7 Å². The summed E-state index contributed by atoms with van der Waals surface area (Å²) in [6.45, 7) is 0. The van der Waals surface area contributed by atoms with Crippen molar-refractivity contribution in [3.63, 3.8) is 0 Å². The molecule has 32 heavy (non-hydrogen) atoms. The second kappa shape index (κ2) is 6.80. The summed E-state index contributed by atoms with van der Waals surface area (Å²) in [5, 5.41) is 0. The predicted molar refractivity (Wildman–Crippen MR) is 58.1 cm³/mol. The van der Waals surface area contributed by atoms with Crippen LogP contribution in [-0.2, 0) is 0 Å². The molecule has 0 nitrogen and oxygen atoms in total. The lowest BCUT2D eigenvalue weighted by molar-refractivity contribution is -0.389. The van der Waals surface area contributed by atoms with Gasteiger partial charge in [0.1, 0.15) is 5.57 Å². The van der Waals surface area contributed by atoms with Crippen LogP contribution in [0.25, 0.3) is 0 Å². The third kappa shape index (κ3) is 3.06. The molecule has 0 aliphatic heterocycles. The van der Waals surface area contributed by atoms with Crippen molar-refractivity contribution in [2.75, 3.05) is 0 Å². The van der Waals surface area contributed by atoms with Gasteiger partial charge in [-0.05, 0) is 0 Å². The summed E-state index contributed by atoms with van der Waals surface area (Å²) in [6, 6.07) is 0. The highest BCUT2D eigenvalue weighted by Gasteiger charge is 2.91. The first-order chi connectivity index (χ1) is 13.6. The lowest BCUT2D eigenvalue weighted by Crippen LogP contribution is -2.65. The van der Waals surface area contributed by atoms with E-state index in [1.807, 2.05) is 0 Å². The molecule has 1 aliphatic carbocycles. The van der Waals surface area contributed by atoms with Crippen LogP contribution in [0.15, 0.2) is 23.1 Å². The molecule has 0 bridgehead atoms. The molecule has 0 heterocycles. The Labute approximate surface area is 160 Å². The molecule has 1 rings (SSSR count). The summed E-state index contributed by atoms with van der Waals surface area (Å²) in [5.41, 5.74) is -19.0. The zero-order chi connectivity index (χ0) is 26.3. The van der Waals surface area contributed by atoms with E-state index in [4.69, 9.17) is 0 Å².